The zero-order valence-electron chi connectivity index (χ0n) is 8.83. The number of carbonyl (C=O) groups is 1. The van der Waals surface area contributed by atoms with Crippen LogP contribution in [0, 0.1) is 0 Å². The standard InChI is InChI=1S/C8H8BrF7O2/c1-2-18-5(17)4(9)3-6(10,7(11,12)13)8(14,15)16/h4H,2-3H2,1H3. The summed E-state index contributed by atoms with van der Waals surface area (Å²) in [4.78, 5) is 8.85. The predicted octanol–water partition coefficient (Wildman–Crippen LogP) is 3.54. The molecule has 0 aromatic carbocycles. The molecule has 0 aromatic heterocycles. The van der Waals surface area contributed by atoms with Gasteiger partial charge in [0.2, 0.25) is 0 Å². The molecular weight excluding hydrogens is 341 g/mol. The van der Waals surface area contributed by atoms with Crippen LogP contribution in [0.4, 0.5) is 30.7 Å². The van der Waals surface area contributed by atoms with Gasteiger partial charge in [0, 0.05) is 6.42 Å². The van der Waals surface area contributed by atoms with Gasteiger partial charge in [-0.15, -0.1) is 0 Å². The fourth-order valence-corrected chi connectivity index (χ4v) is 1.53. The lowest BCUT2D eigenvalue weighted by Gasteiger charge is -2.30. The number of hydrogen-bond acceptors (Lipinski definition) is 2. The van der Waals surface area contributed by atoms with Crippen LogP contribution in [0.3, 0.4) is 0 Å². The van der Waals surface area contributed by atoms with Crippen molar-refractivity contribution in [2.24, 2.45) is 0 Å². The van der Waals surface area contributed by atoms with Crippen LogP contribution in [-0.2, 0) is 9.53 Å². The number of alkyl halides is 8. The first kappa shape index (κ1) is 17.5. The SMILES string of the molecule is CCOC(=O)C(Br)CC(F)(C(F)(F)F)C(F)(F)F. The molecule has 0 radical (unpaired) electrons. The van der Waals surface area contributed by atoms with Gasteiger partial charge in [-0.25, -0.2) is 4.39 Å². The summed E-state index contributed by atoms with van der Waals surface area (Å²) in [6.45, 7) is 1.05. The van der Waals surface area contributed by atoms with Gasteiger partial charge < -0.3 is 4.74 Å². The molecule has 0 aliphatic heterocycles. The van der Waals surface area contributed by atoms with Crippen molar-refractivity contribution in [3.63, 3.8) is 0 Å². The number of halogens is 8. The highest BCUT2D eigenvalue weighted by molar-refractivity contribution is 9.10. The van der Waals surface area contributed by atoms with E-state index in [1.54, 1.807) is 0 Å². The van der Waals surface area contributed by atoms with Gasteiger partial charge in [0.25, 0.3) is 0 Å². The van der Waals surface area contributed by atoms with Gasteiger partial charge in [0.05, 0.1) is 6.61 Å². The molecule has 0 saturated heterocycles. The zero-order valence-corrected chi connectivity index (χ0v) is 10.4. The smallest absolute Gasteiger partial charge is 0.431 e. The lowest BCUT2D eigenvalue weighted by Crippen LogP contribution is -2.55. The second-order valence-corrected chi connectivity index (χ2v) is 4.33. The minimum Gasteiger partial charge on any atom is -0.465 e. The Morgan fingerprint density at radius 3 is 1.78 bits per heavy atom. The molecule has 0 fully saturated rings. The van der Waals surface area contributed by atoms with Gasteiger partial charge in [0.1, 0.15) is 4.83 Å². The van der Waals surface area contributed by atoms with E-state index in [2.05, 4.69) is 20.7 Å². The largest absolute Gasteiger partial charge is 0.465 e. The zero-order chi connectivity index (χ0) is 14.8. The molecule has 10 heteroatoms. The highest BCUT2D eigenvalue weighted by Crippen LogP contribution is 2.49. The molecule has 0 amide bonds. The van der Waals surface area contributed by atoms with E-state index in [4.69, 9.17) is 0 Å². The highest BCUT2D eigenvalue weighted by Gasteiger charge is 2.72. The minimum absolute atomic E-state index is 0.252. The van der Waals surface area contributed by atoms with Crippen LogP contribution >= 0.6 is 15.9 Å². The molecule has 0 spiro atoms. The molecule has 1 unspecified atom stereocenters. The van der Waals surface area contributed by atoms with Crippen molar-refractivity contribution >= 4 is 21.9 Å². The van der Waals surface area contributed by atoms with Crippen LogP contribution in [0.2, 0.25) is 0 Å². The fourth-order valence-electron chi connectivity index (χ4n) is 0.955. The summed E-state index contributed by atoms with van der Waals surface area (Å²) in [5.74, 6) is -1.40. The van der Waals surface area contributed by atoms with Gasteiger partial charge in [-0.2, -0.15) is 26.3 Å². The monoisotopic (exact) mass is 348 g/mol. The van der Waals surface area contributed by atoms with Crippen molar-refractivity contribution in [1.82, 2.24) is 0 Å². The summed E-state index contributed by atoms with van der Waals surface area (Å²) in [5, 5.41) is 0. The molecule has 2 nitrogen and oxygen atoms in total. The first-order valence-corrected chi connectivity index (χ1v) is 5.41. The van der Waals surface area contributed by atoms with E-state index < -0.39 is 35.2 Å². The molecule has 0 rings (SSSR count). The van der Waals surface area contributed by atoms with Gasteiger partial charge in [-0.1, -0.05) is 15.9 Å². The van der Waals surface area contributed by atoms with Crippen LogP contribution in [0.5, 0.6) is 0 Å². The number of esters is 1. The summed E-state index contributed by atoms with van der Waals surface area (Å²) in [7, 11) is 0. The van der Waals surface area contributed by atoms with Crippen LogP contribution in [0.25, 0.3) is 0 Å². The Labute approximate surface area is 106 Å². The molecule has 0 N–H and O–H groups in total. The third-order valence-corrected chi connectivity index (χ3v) is 2.60. The molecule has 108 valence electrons. The topological polar surface area (TPSA) is 26.3 Å². The summed E-state index contributed by atoms with van der Waals surface area (Å²) < 4.78 is 90.2. The molecule has 0 aliphatic carbocycles. The number of ether oxygens (including phenoxy) is 1. The normalized spacial score (nSPS) is 15.4. The lowest BCUT2D eigenvalue weighted by atomic mass is 9.98. The number of carbonyl (C=O) groups excluding carboxylic acids is 1. The Morgan fingerprint density at radius 2 is 1.50 bits per heavy atom. The Morgan fingerprint density at radius 1 is 1.11 bits per heavy atom. The van der Waals surface area contributed by atoms with Crippen molar-refractivity contribution in [3.8, 4) is 0 Å². The van der Waals surface area contributed by atoms with E-state index in [0.717, 1.165) is 0 Å². The first-order valence-electron chi connectivity index (χ1n) is 4.50. The van der Waals surface area contributed by atoms with Crippen molar-refractivity contribution in [1.29, 1.82) is 0 Å². The second-order valence-electron chi connectivity index (χ2n) is 3.22. The van der Waals surface area contributed by atoms with Crippen molar-refractivity contribution in [2.75, 3.05) is 6.61 Å². The molecule has 0 bridgehead atoms. The first-order chi connectivity index (χ1) is 7.87. The molecular formula is C8H8BrF7O2. The fraction of sp³-hybridized carbons (Fsp3) is 0.875. The highest BCUT2D eigenvalue weighted by atomic mass is 79.9. The lowest BCUT2D eigenvalue weighted by molar-refractivity contribution is -0.342. The van der Waals surface area contributed by atoms with Crippen molar-refractivity contribution in [2.45, 2.75) is 36.2 Å². The molecule has 0 aliphatic rings. The predicted molar refractivity (Wildman–Crippen MR) is 49.9 cm³/mol. The van der Waals surface area contributed by atoms with E-state index in [1.165, 1.54) is 6.92 Å². The Kier molecular flexibility index (Phi) is 5.45. The van der Waals surface area contributed by atoms with Gasteiger partial charge in [-0.05, 0) is 6.92 Å². The molecule has 18 heavy (non-hydrogen) atoms. The van der Waals surface area contributed by atoms with E-state index in [0.29, 0.717) is 0 Å². The average Bonchev–Trinajstić information content (AvgIpc) is 2.14. The van der Waals surface area contributed by atoms with E-state index in [1.807, 2.05) is 0 Å². The van der Waals surface area contributed by atoms with Crippen LogP contribution in [0.1, 0.15) is 13.3 Å². The third kappa shape index (κ3) is 3.72. The number of hydrogen-bond donors (Lipinski definition) is 0. The Balaban J connectivity index is 5.12. The average molecular weight is 349 g/mol. The molecule has 0 heterocycles. The minimum atomic E-state index is -6.18. The maximum atomic E-state index is 13.2. The van der Waals surface area contributed by atoms with Crippen LogP contribution in [0.15, 0.2) is 0 Å². The van der Waals surface area contributed by atoms with Gasteiger partial charge >= 0.3 is 24.0 Å². The molecule has 0 aromatic rings. The van der Waals surface area contributed by atoms with Crippen molar-refractivity contribution in [3.05, 3.63) is 0 Å². The summed E-state index contributed by atoms with van der Waals surface area (Å²) in [6, 6.07) is 0. The quantitative estimate of drug-likeness (QED) is 0.441. The molecule has 1 atom stereocenters. The van der Waals surface area contributed by atoms with Gasteiger partial charge in [-0.3, -0.25) is 4.79 Å². The van der Waals surface area contributed by atoms with Crippen LogP contribution in [-0.4, -0.2) is 35.4 Å². The summed E-state index contributed by atoms with van der Waals surface area (Å²) >= 11 is 2.25. The maximum Gasteiger partial charge on any atom is 0.431 e. The van der Waals surface area contributed by atoms with Crippen molar-refractivity contribution < 1.29 is 40.3 Å². The maximum absolute atomic E-state index is 13.2. The third-order valence-electron chi connectivity index (χ3n) is 1.90. The van der Waals surface area contributed by atoms with E-state index >= 15 is 0 Å². The van der Waals surface area contributed by atoms with E-state index in [9.17, 15) is 35.5 Å². The Bertz CT molecular complexity index is 285. The Hall–Kier alpha value is -0.540. The summed E-state index contributed by atoms with van der Waals surface area (Å²) in [6.07, 6.45) is -14.5. The second kappa shape index (κ2) is 5.62. The molecule has 0 saturated carbocycles. The summed E-state index contributed by atoms with van der Waals surface area (Å²) in [5.41, 5.74) is -5.47. The van der Waals surface area contributed by atoms with Crippen LogP contribution < -0.4 is 0 Å². The number of rotatable bonds is 4. The van der Waals surface area contributed by atoms with Gasteiger partial charge in [0.15, 0.2) is 0 Å². The van der Waals surface area contributed by atoms with E-state index in [-0.39, 0.29) is 6.61 Å².